The molecule has 6 nitrogen and oxygen atoms in total. The average Bonchev–Trinajstić information content (AvgIpc) is 2.70. The first-order chi connectivity index (χ1) is 12.7. The van der Waals surface area contributed by atoms with Gasteiger partial charge in [0.05, 0.1) is 11.1 Å². The van der Waals surface area contributed by atoms with Crippen molar-refractivity contribution in [2.75, 3.05) is 0 Å². The van der Waals surface area contributed by atoms with Gasteiger partial charge in [0.25, 0.3) is 0 Å². The summed E-state index contributed by atoms with van der Waals surface area (Å²) in [6.45, 7) is 0. The molecule has 0 saturated heterocycles. The van der Waals surface area contributed by atoms with Crippen LogP contribution in [0.5, 0.6) is 5.75 Å². The van der Waals surface area contributed by atoms with Gasteiger partial charge < -0.3 is 9.15 Å². The van der Waals surface area contributed by atoms with Crippen molar-refractivity contribution in [3.05, 3.63) is 89.2 Å². The van der Waals surface area contributed by atoms with E-state index in [4.69, 9.17) is 9.15 Å². The molecule has 0 aliphatic rings. The van der Waals surface area contributed by atoms with Crippen molar-refractivity contribution in [3.8, 4) is 16.9 Å². The number of carbonyl (C=O) groups is 1. The molecule has 0 atom stereocenters. The van der Waals surface area contributed by atoms with Crippen molar-refractivity contribution < 1.29 is 13.9 Å². The molecular weight excluding hydrogens is 332 g/mol. The highest BCUT2D eigenvalue weighted by atomic mass is 16.5. The highest BCUT2D eigenvalue weighted by molar-refractivity contribution is 5.90. The number of pyridine rings is 2. The number of benzene rings is 1. The van der Waals surface area contributed by atoms with Gasteiger partial charge in [0, 0.05) is 18.6 Å². The molecule has 26 heavy (non-hydrogen) atoms. The monoisotopic (exact) mass is 344 g/mol. The summed E-state index contributed by atoms with van der Waals surface area (Å²) in [5.41, 5.74) is 1.89. The predicted molar refractivity (Wildman–Crippen MR) is 94.9 cm³/mol. The minimum absolute atomic E-state index is 0.216. The summed E-state index contributed by atoms with van der Waals surface area (Å²) < 4.78 is 10.8. The van der Waals surface area contributed by atoms with Crippen LogP contribution in [-0.4, -0.2) is 15.9 Å². The molecule has 0 radical (unpaired) electrons. The molecule has 6 heteroatoms. The van der Waals surface area contributed by atoms with Gasteiger partial charge in [-0.25, -0.2) is 9.78 Å². The van der Waals surface area contributed by atoms with Gasteiger partial charge in [0.2, 0.25) is 5.43 Å². The number of ether oxygens (including phenoxy) is 1. The van der Waals surface area contributed by atoms with E-state index < -0.39 is 5.97 Å². The molecule has 126 valence electrons. The second kappa shape index (κ2) is 6.60. The normalized spacial score (nSPS) is 10.6. The van der Waals surface area contributed by atoms with E-state index >= 15 is 0 Å². The topological polar surface area (TPSA) is 82.3 Å². The number of nitrogens with zero attached hydrogens (tertiary/aromatic N) is 2. The number of hydrogen-bond acceptors (Lipinski definition) is 6. The van der Waals surface area contributed by atoms with E-state index in [0.29, 0.717) is 28.0 Å². The van der Waals surface area contributed by atoms with Crippen LogP contribution in [0.1, 0.15) is 10.4 Å². The Bertz CT molecular complexity index is 1140. The van der Waals surface area contributed by atoms with Gasteiger partial charge in [-0.3, -0.25) is 9.78 Å². The maximum Gasteiger partial charge on any atom is 0.345 e. The molecular formula is C20H12N2O4. The Kier molecular flexibility index (Phi) is 3.99. The Morgan fingerprint density at radius 2 is 1.81 bits per heavy atom. The van der Waals surface area contributed by atoms with Gasteiger partial charge in [-0.1, -0.05) is 12.1 Å². The molecule has 0 aliphatic carbocycles. The Morgan fingerprint density at radius 1 is 1.00 bits per heavy atom. The van der Waals surface area contributed by atoms with Crippen LogP contribution >= 0.6 is 0 Å². The predicted octanol–water partition coefficient (Wildman–Crippen LogP) is 3.47. The van der Waals surface area contributed by atoms with E-state index in [0.717, 1.165) is 0 Å². The third-order valence-electron chi connectivity index (χ3n) is 3.81. The second-order valence-electron chi connectivity index (χ2n) is 5.48. The number of rotatable bonds is 3. The maximum absolute atomic E-state index is 12.6. The fourth-order valence-electron chi connectivity index (χ4n) is 2.51. The van der Waals surface area contributed by atoms with E-state index in [-0.39, 0.29) is 10.9 Å². The van der Waals surface area contributed by atoms with Crippen molar-refractivity contribution in [2.45, 2.75) is 0 Å². The molecule has 3 heterocycles. The van der Waals surface area contributed by atoms with Gasteiger partial charge in [-0.05, 0) is 42.0 Å². The Labute approximate surface area is 147 Å². The summed E-state index contributed by atoms with van der Waals surface area (Å²) in [5.74, 6) is -0.133. The number of esters is 1. The van der Waals surface area contributed by atoms with E-state index in [1.165, 1.54) is 12.5 Å². The summed E-state index contributed by atoms with van der Waals surface area (Å²) >= 11 is 0. The van der Waals surface area contributed by atoms with Crippen molar-refractivity contribution in [1.29, 1.82) is 0 Å². The molecule has 0 aliphatic heterocycles. The van der Waals surface area contributed by atoms with Gasteiger partial charge in [-0.15, -0.1) is 0 Å². The lowest BCUT2D eigenvalue weighted by Crippen LogP contribution is -2.09. The second-order valence-corrected chi connectivity index (χ2v) is 5.48. The SMILES string of the molecule is O=C(Oc1ccc(-c2coc3cccnc3c2=O)cc1)c1cccnc1. The quantitative estimate of drug-likeness (QED) is 0.418. The summed E-state index contributed by atoms with van der Waals surface area (Å²) in [6.07, 6.45) is 5.96. The summed E-state index contributed by atoms with van der Waals surface area (Å²) in [4.78, 5) is 32.6. The van der Waals surface area contributed by atoms with Crippen LogP contribution in [0.25, 0.3) is 22.2 Å². The van der Waals surface area contributed by atoms with E-state index in [1.807, 2.05) is 0 Å². The minimum atomic E-state index is -0.500. The Balaban J connectivity index is 1.61. The average molecular weight is 344 g/mol. The summed E-state index contributed by atoms with van der Waals surface area (Å²) in [7, 11) is 0. The van der Waals surface area contributed by atoms with E-state index in [2.05, 4.69) is 9.97 Å². The van der Waals surface area contributed by atoms with Gasteiger partial charge >= 0.3 is 5.97 Å². The lowest BCUT2D eigenvalue weighted by atomic mass is 10.1. The zero-order valence-electron chi connectivity index (χ0n) is 13.5. The summed E-state index contributed by atoms with van der Waals surface area (Å²) in [5, 5.41) is 0. The standard InChI is InChI=1S/C20H12N2O4/c23-19-16(12-25-17-4-2-10-22-18(17)19)13-5-7-15(8-6-13)26-20(24)14-3-1-9-21-11-14/h1-12H. The lowest BCUT2D eigenvalue weighted by Gasteiger charge is -2.06. The number of aromatic nitrogens is 2. The molecule has 0 spiro atoms. The van der Waals surface area contributed by atoms with Crippen molar-refractivity contribution in [3.63, 3.8) is 0 Å². The first-order valence-corrected chi connectivity index (χ1v) is 7.81. The summed E-state index contributed by atoms with van der Waals surface area (Å²) in [6, 6.07) is 13.3. The van der Waals surface area contributed by atoms with Crippen molar-refractivity contribution in [1.82, 2.24) is 9.97 Å². The first kappa shape index (κ1) is 15.7. The number of carbonyl (C=O) groups excluding carboxylic acids is 1. The number of hydrogen-bond donors (Lipinski definition) is 0. The molecule has 1 aromatic carbocycles. The first-order valence-electron chi connectivity index (χ1n) is 7.81. The molecule has 3 aromatic heterocycles. The van der Waals surface area contributed by atoms with Crippen LogP contribution in [0.3, 0.4) is 0 Å². The molecule has 4 aromatic rings. The third kappa shape index (κ3) is 2.95. The van der Waals surface area contributed by atoms with Crippen LogP contribution in [0.15, 0.2) is 82.6 Å². The Hall–Kier alpha value is -3.80. The highest BCUT2D eigenvalue weighted by Crippen LogP contribution is 2.22. The molecule has 0 saturated carbocycles. The third-order valence-corrected chi connectivity index (χ3v) is 3.81. The molecule has 0 amide bonds. The van der Waals surface area contributed by atoms with Gasteiger partial charge in [0.1, 0.15) is 12.0 Å². The lowest BCUT2D eigenvalue weighted by molar-refractivity contribution is 0.0734. The van der Waals surface area contributed by atoms with Crippen LogP contribution in [0, 0.1) is 0 Å². The van der Waals surface area contributed by atoms with E-state index in [1.54, 1.807) is 60.9 Å². The smallest absolute Gasteiger partial charge is 0.345 e. The highest BCUT2D eigenvalue weighted by Gasteiger charge is 2.11. The van der Waals surface area contributed by atoms with Gasteiger partial charge in [0.15, 0.2) is 11.1 Å². The van der Waals surface area contributed by atoms with Crippen LogP contribution in [-0.2, 0) is 0 Å². The molecule has 4 rings (SSSR count). The molecule has 0 bridgehead atoms. The fourth-order valence-corrected chi connectivity index (χ4v) is 2.51. The van der Waals surface area contributed by atoms with Gasteiger partial charge in [-0.2, -0.15) is 0 Å². The Morgan fingerprint density at radius 3 is 2.58 bits per heavy atom. The van der Waals surface area contributed by atoms with Crippen molar-refractivity contribution >= 4 is 17.1 Å². The van der Waals surface area contributed by atoms with Crippen LogP contribution in [0.4, 0.5) is 0 Å². The largest absolute Gasteiger partial charge is 0.462 e. The minimum Gasteiger partial charge on any atom is -0.462 e. The molecule has 0 fully saturated rings. The van der Waals surface area contributed by atoms with Crippen LogP contribution in [0.2, 0.25) is 0 Å². The molecule has 0 unspecified atom stereocenters. The zero-order chi connectivity index (χ0) is 17.9. The van der Waals surface area contributed by atoms with Crippen molar-refractivity contribution in [2.24, 2.45) is 0 Å². The number of fused-ring (bicyclic) bond motifs is 1. The fraction of sp³-hybridized carbons (Fsp3) is 0. The van der Waals surface area contributed by atoms with Crippen LogP contribution < -0.4 is 10.2 Å². The van der Waals surface area contributed by atoms with E-state index in [9.17, 15) is 9.59 Å². The zero-order valence-corrected chi connectivity index (χ0v) is 13.5. The maximum atomic E-state index is 12.6. The molecule has 0 N–H and O–H groups in total.